The minimum Gasteiger partial charge on any atom is -0.352 e. The fourth-order valence-corrected chi connectivity index (χ4v) is 3.23. The normalized spacial score (nSPS) is 18.2. The van der Waals surface area contributed by atoms with Gasteiger partial charge in [0, 0.05) is 37.0 Å². The Hall–Kier alpha value is -2.37. The van der Waals surface area contributed by atoms with Gasteiger partial charge in [-0.1, -0.05) is 0 Å². The van der Waals surface area contributed by atoms with Gasteiger partial charge in [-0.05, 0) is 43.5 Å². The summed E-state index contributed by atoms with van der Waals surface area (Å²) in [5, 5.41) is 3.72. The maximum absolute atomic E-state index is 13.5. The fraction of sp³-hybridized carbons (Fsp3) is 0.412. The molecule has 1 aliphatic rings. The standard InChI is InChI=1S/C17H20FN3O2/c1-10-6-12(18)7-15-14(10)8-16(20-15)17(23)21-5-3-4-13(9-21)19-11(2)22/h6-8,13,20H,3-5,9H2,1-2H3,(H,19,22)/t13-/m1/s1. The van der Waals surface area contributed by atoms with Crippen molar-refractivity contribution in [1.29, 1.82) is 0 Å². The number of piperidine rings is 1. The largest absolute Gasteiger partial charge is 0.352 e. The second-order valence-electron chi connectivity index (χ2n) is 6.16. The van der Waals surface area contributed by atoms with Crippen LogP contribution >= 0.6 is 0 Å². The molecule has 6 heteroatoms. The number of nitrogens with one attached hydrogen (secondary N) is 2. The van der Waals surface area contributed by atoms with Crippen LogP contribution in [0.15, 0.2) is 18.2 Å². The lowest BCUT2D eigenvalue weighted by molar-refractivity contribution is -0.120. The van der Waals surface area contributed by atoms with Crippen LogP contribution in [0.2, 0.25) is 0 Å². The Kier molecular flexibility index (Phi) is 4.07. The van der Waals surface area contributed by atoms with Crippen LogP contribution in [0.5, 0.6) is 0 Å². The SMILES string of the molecule is CC(=O)N[C@@H]1CCCN(C(=O)c2cc3c(C)cc(F)cc3[nH]2)C1. The first-order chi connectivity index (χ1) is 10.9. The van der Waals surface area contributed by atoms with E-state index in [1.165, 1.54) is 19.1 Å². The molecule has 1 aromatic heterocycles. The lowest BCUT2D eigenvalue weighted by Crippen LogP contribution is -2.49. The smallest absolute Gasteiger partial charge is 0.270 e. The molecule has 2 heterocycles. The number of halogens is 1. The number of hydrogen-bond donors (Lipinski definition) is 2. The average Bonchev–Trinajstić information content (AvgIpc) is 2.90. The van der Waals surface area contributed by atoms with Gasteiger partial charge in [0.1, 0.15) is 11.5 Å². The van der Waals surface area contributed by atoms with E-state index in [-0.39, 0.29) is 23.7 Å². The highest BCUT2D eigenvalue weighted by atomic mass is 19.1. The fourth-order valence-electron chi connectivity index (χ4n) is 3.23. The van der Waals surface area contributed by atoms with Gasteiger partial charge in [0.05, 0.1) is 0 Å². The Morgan fingerprint density at radius 1 is 1.35 bits per heavy atom. The monoisotopic (exact) mass is 317 g/mol. The first-order valence-corrected chi connectivity index (χ1v) is 7.79. The van der Waals surface area contributed by atoms with Crippen molar-refractivity contribution in [3.05, 3.63) is 35.3 Å². The molecule has 2 aromatic rings. The van der Waals surface area contributed by atoms with E-state index < -0.39 is 0 Å². The van der Waals surface area contributed by atoms with Crippen molar-refractivity contribution in [3.8, 4) is 0 Å². The number of H-pyrrole nitrogens is 1. The van der Waals surface area contributed by atoms with Gasteiger partial charge in [-0.25, -0.2) is 4.39 Å². The van der Waals surface area contributed by atoms with Crippen LogP contribution in [0, 0.1) is 12.7 Å². The van der Waals surface area contributed by atoms with Crippen molar-refractivity contribution in [1.82, 2.24) is 15.2 Å². The first kappa shape index (κ1) is 15.5. The van der Waals surface area contributed by atoms with Crippen LogP contribution < -0.4 is 5.32 Å². The van der Waals surface area contributed by atoms with Crippen LogP contribution in [0.3, 0.4) is 0 Å². The van der Waals surface area contributed by atoms with Crippen molar-refractivity contribution < 1.29 is 14.0 Å². The maximum atomic E-state index is 13.5. The molecular formula is C17H20FN3O2. The van der Waals surface area contributed by atoms with Crippen LogP contribution in [0.1, 0.15) is 35.8 Å². The highest BCUT2D eigenvalue weighted by molar-refractivity contribution is 5.99. The van der Waals surface area contributed by atoms with E-state index in [4.69, 9.17) is 0 Å². The number of likely N-dealkylation sites (tertiary alicyclic amines) is 1. The van der Waals surface area contributed by atoms with E-state index >= 15 is 0 Å². The van der Waals surface area contributed by atoms with Crippen LogP contribution in [-0.2, 0) is 4.79 Å². The zero-order valence-electron chi connectivity index (χ0n) is 13.3. The molecule has 2 N–H and O–H groups in total. The van der Waals surface area contributed by atoms with E-state index in [2.05, 4.69) is 10.3 Å². The van der Waals surface area contributed by atoms with Gasteiger partial charge in [-0.3, -0.25) is 9.59 Å². The van der Waals surface area contributed by atoms with E-state index in [1.807, 2.05) is 6.92 Å². The van der Waals surface area contributed by atoms with Gasteiger partial charge in [-0.15, -0.1) is 0 Å². The average molecular weight is 317 g/mol. The number of fused-ring (bicyclic) bond motifs is 1. The third kappa shape index (κ3) is 3.21. The molecule has 23 heavy (non-hydrogen) atoms. The van der Waals surface area contributed by atoms with Crippen LogP contribution in [0.4, 0.5) is 4.39 Å². The summed E-state index contributed by atoms with van der Waals surface area (Å²) in [5.74, 6) is -0.517. The van der Waals surface area contributed by atoms with Gasteiger partial charge in [0.2, 0.25) is 5.91 Å². The molecule has 0 unspecified atom stereocenters. The number of aromatic nitrogens is 1. The summed E-state index contributed by atoms with van der Waals surface area (Å²) in [6, 6.07) is 4.62. The third-order valence-electron chi connectivity index (χ3n) is 4.26. The summed E-state index contributed by atoms with van der Waals surface area (Å²) in [5.41, 5.74) is 1.88. The number of amides is 2. The van der Waals surface area contributed by atoms with Gasteiger partial charge in [0.25, 0.3) is 5.91 Å². The summed E-state index contributed by atoms with van der Waals surface area (Å²) in [4.78, 5) is 28.6. The predicted molar refractivity (Wildman–Crippen MR) is 85.7 cm³/mol. The first-order valence-electron chi connectivity index (χ1n) is 7.79. The predicted octanol–water partition coefficient (Wildman–Crippen LogP) is 2.36. The number of benzene rings is 1. The maximum Gasteiger partial charge on any atom is 0.270 e. The van der Waals surface area contributed by atoms with E-state index in [1.54, 1.807) is 11.0 Å². The number of rotatable bonds is 2. The van der Waals surface area contributed by atoms with Crippen molar-refractivity contribution in [3.63, 3.8) is 0 Å². The molecule has 0 radical (unpaired) electrons. The molecular weight excluding hydrogens is 297 g/mol. The number of aromatic amines is 1. The molecule has 0 spiro atoms. The lowest BCUT2D eigenvalue weighted by atomic mass is 10.1. The van der Waals surface area contributed by atoms with Gasteiger partial charge < -0.3 is 15.2 Å². The molecule has 5 nitrogen and oxygen atoms in total. The van der Waals surface area contributed by atoms with Crippen LogP contribution in [-0.4, -0.2) is 40.8 Å². The zero-order chi connectivity index (χ0) is 16.6. The van der Waals surface area contributed by atoms with Gasteiger partial charge in [-0.2, -0.15) is 0 Å². The Labute approximate surface area is 133 Å². The van der Waals surface area contributed by atoms with E-state index in [9.17, 15) is 14.0 Å². The summed E-state index contributed by atoms with van der Waals surface area (Å²) in [6.07, 6.45) is 1.73. The summed E-state index contributed by atoms with van der Waals surface area (Å²) in [6.45, 7) is 4.47. The van der Waals surface area contributed by atoms with Crippen molar-refractivity contribution in [2.24, 2.45) is 0 Å². The quantitative estimate of drug-likeness (QED) is 0.893. The molecule has 122 valence electrons. The van der Waals surface area contributed by atoms with E-state index in [0.29, 0.717) is 24.3 Å². The minimum atomic E-state index is -0.320. The van der Waals surface area contributed by atoms with Crippen molar-refractivity contribution in [2.45, 2.75) is 32.7 Å². The number of aryl methyl sites for hydroxylation is 1. The van der Waals surface area contributed by atoms with Crippen LogP contribution in [0.25, 0.3) is 10.9 Å². The summed E-state index contributed by atoms with van der Waals surface area (Å²) >= 11 is 0. The highest BCUT2D eigenvalue weighted by Crippen LogP contribution is 2.23. The molecule has 1 aliphatic heterocycles. The number of carbonyl (C=O) groups is 2. The van der Waals surface area contributed by atoms with E-state index in [0.717, 1.165) is 23.8 Å². The topological polar surface area (TPSA) is 65.2 Å². The minimum absolute atomic E-state index is 0.00578. The lowest BCUT2D eigenvalue weighted by Gasteiger charge is -2.32. The highest BCUT2D eigenvalue weighted by Gasteiger charge is 2.26. The van der Waals surface area contributed by atoms with Gasteiger partial charge in [0.15, 0.2) is 0 Å². The molecule has 1 atom stereocenters. The molecule has 1 aromatic carbocycles. The Bertz CT molecular complexity index is 769. The second kappa shape index (κ2) is 6.02. The molecule has 0 aliphatic carbocycles. The summed E-state index contributed by atoms with van der Waals surface area (Å²) < 4.78 is 13.5. The summed E-state index contributed by atoms with van der Waals surface area (Å²) in [7, 11) is 0. The third-order valence-corrected chi connectivity index (χ3v) is 4.26. The molecule has 2 amide bonds. The number of nitrogens with zero attached hydrogens (tertiary/aromatic N) is 1. The Morgan fingerprint density at radius 3 is 2.87 bits per heavy atom. The molecule has 1 fully saturated rings. The molecule has 1 saturated heterocycles. The van der Waals surface area contributed by atoms with Crippen molar-refractivity contribution in [2.75, 3.05) is 13.1 Å². The molecule has 0 bridgehead atoms. The zero-order valence-corrected chi connectivity index (χ0v) is 13.3. The number of carbonyl (C=O) groups excluding carboxylic acids is 2. The number of hydrogen-bond acceptors (Lipinski definition) is 2. The van der Waals surface area contributed by atoms with Crippen molar-refractivity contribution >= 4 is 22.7 Å². The second-order valence-corrected chi connectivity index (χ2v) is 6.16. The Balaban J connectivity index is 1.82. The van der Waals surface area contributed by atoms with Gasteiger partial charge >= 0.3 is 0 Å². The molecule has 3 rings (SSSR count). The molecule has 0 saturated carbocycles. The Morgan fingerprint density at radius 2 is 2.13 bits per heavy atom.